The van der Waals surface area contributed by atoms with Gasteiger partial charge >= 0.3 is 11.9 Å². The molecule has 0 atom stereocenters. The number of benzene rings is 5. The molecule has 5 rings (SSSR count). The maximum Gasteiger partial charge on any atom is 0.326 e. The second-order valence-electron chi connectivity index (χ2n) is 16.9. The van der Waals surface area contributed by atoms with Gasteiger partial charge < -0.3 is 33.6 Å². The van der Waals surface area contributed by atoms with Crippen molar-refractivity contribution in [2.75, 3.05) is 50.7 Å². The van der Waals surface area contributed by atoms with Crippen molar-refractivity contribution in [2.24, 2.45) is 0 Å². The Morgan fingerprint density at radius 1 is 0.569 bits per heavy atom. The number of carbonyl (C=O) groups is 2. The number of hydrogen-bond donors (Lipinski definition) is 0. The highest BCUT2D eigenvalue weighted by atomic mass is 16.6. The molecule has 58 heavy (non-hydrogen) atoms. The average Bonchev–Trinajstić information content (AvgIpc) is 3.16. The lowest BCUT2D eigenvalue weighted by Crippen LogP contribution is -2.36. The van der Waals surface area contributed by atoms with Gasteiger partial charge in [-0.25, -0.2) is 0 Å². The lowest BCUT2D eigenvalue weighted by Gasteiger charge is -2.33. The minimum Gasteiger partial charge on any atom is -0.497 e. The van der Waals surface area contributed by atoms with E-state index >= 15 is 0 Å². The smallest absolute Gasteiger partial charge is 0.326 e. The molecule has 0 spiro atoms. The molecule has 0 radical (unpaired) electrons. The van der Waals surface area contributed by atoms with E-state index in [1.165, 1.54) is 5.56 Å². The molecule has 9 nitrogen and oxygen atoms in total. The summed E-state index contributed by atoms with van der Waals surface area (Å²) in [5, 5.41) is 1.94. The van der Waals surface area contributed by atoms with Gasteiger partial charge in [0.1, 0.15) is 35.8 Å². The number of ether oxygens (including phenoxy) is 4. The van der Waals surface area contributed by atoms with Crippen LogP contribution < -0.4 is 19.3 Å². The van der Waals surface area contributed by atoms with E-state index in [0.29, 0.717) is 13.1 Å². The molecular weight excluding hydrogens is 727 g/mol. The minimum absolute atomic E-state index is 0.0410. The van der Waals surface area contributed by atoms with Gasteiger partial charge in [-0.15, -0.1) is 0 Å². The van der Waals surface area contributed by atoms with E-state index < -0.39 is 11.2 Å². The van der Waals surface area contributed by atoms with Crippen molar-refractivity contribution < 1.29 is 28.5 Å². The van der Waals surface area contributed by atoms with E-state index in [1.807, 2.05) is 108 Å². The second-order valence-corrected chi connectivity index (χ2v) is 16.9. The minimum atomic E-state index is -0.648. The van der Waals surface area contributed by atoms with E-state index in [9.17, 15) is 9.59 Å². The van der Waals surface area contributed by atoms with Crippen LogP contribution in [0.2, 0.25) is 0 Å². The van der Waals surface area contributed by atoms with Gasteiger partial charge in [-0.2, -0.15) is 0 Å². The Morgan fingerprint density at radius 3 is 1.55 bits per heavy atom. The molecule has 0 fully saturated rings. The normalized spacial score (nSPS) is 11.7. The molecule has 0 saturated carbocycles. The molecule has 5 aromatic carbocycles. The Hall–Kier alpha value is -5.54. The summed E-state index contributed by atoms with van der Waals surface area (Å²) in [6, 6.07) is 36.9. The first-order chi connectivity index (χ1) is 27.6. The van der Waals surface area contributed by atoms with Gasteiger partial charge in [-0.1, -0.05) is 78.9 Å². The molecule has 308 valence electrons. The lowest BCUT2D eigenvalue weighted by molar-refractivity contribution is -0.154. The van der Waals surface area contributed by atoms with Crippen LogP contribution in [0.25, 0.3) is 10.8 Å². The highest BCUT2D eigenvalue weighted by Crippen LogP contribution is 2.40. The van der Waals surface area contributed by atoms with Crippen LogP contribution in [0.4, 0.5) is 11.4 Å². The summed E-state index contributed by atoms with van der Waals surface area (Å²) in [7, 11) is 5.46. The Morgan fingerprint density at radius 2 is 1.03 bits per heavy atom. The van der Waals surface area contributed by atoms with Crippen LogP contribution in [0.5, 0.6) is 11.5 Å². The van der Waals surface area contributed by atoms with Crippen molar-refractivity contribution in [3.05, 3.63) is 131 Å². The highest BCUT2D eigenvalue weighted by molar-refractivity contribution is 6.05. The van der Waals surface area contributed by atoms with E-state index in [1.54, 1.807) is 14.2 Å². The molecule has 0 aliphatic rings. The maximum atomic E-state index is 13.8. The standard InChI is InChI=1S/C49H61N3O6/c1-48(2,3)57-45(53)34-51(32-37-21-25-40(55-8)26-22-37)44-30-39(18-15-29-50(7)31-36-16-11-10-12-17-36)47(43-20-14-13-19-42(43)44)52(35-46(54)58-49(4,5)6)33-38-23-27-41(56-9)28-24-38/h10-14,16-17,19-28,30H,15,18,29,31-35H2,1-9H3. The fraction of sp³-hybridized carbons (Fsp3) is 0.388. The number of hydrogen-bond acceptors (Lipinski definition) is 9. The largest absolute Gasteiger partial charge is 0.497 e. The third-order valence-corrected chi connectivity index (χ3v) is 9.56. The SMILES string of the molecule is COc1ccc(CN(CC(=O)OC(C)(C)C)c2cc(CCCN(C)Cc3ccccc3)c(N(CC(=O)OC(C)(C)C)Cc3ccc(OC)cc3)c3ccccc23)cc1. The molecule has 0 aliphatic heterocycles. The van der Waals surface area contributed by atoms with Crippen LogP contribution in [0.1, 0.15) is 70.2 Å². The van der Waals surface area contributed by atoms with Crippen LogP contribution in [0.15, 0.2) is 109 Å². The molecule has 9 heteroatoms. The van der Waals surface area contributed by atoms with Crippen LogP contribution in [0, 0.1) is 0 Å². The third-order valence-electron chi connectivity index (χ3n) is 9.56. The quantitative estimate of drug-likeness (QED) is 0.0807. The monoisotopic (exact) mass is 787 g/mol. The molecule has 0 unspecified atom stereocenters. The summed E-state index contributed by atoms with van der Waals surface area (Å²) < 4.78 is 22.7. The third kappa shape index (κ3) is 13.0. The summed E-state index contributed by atoms with van der Waals surface area (Å²) in [5.41, 5.74) is 4.97. The van der Waals surface area contributed by atoms with E-state index in [2.05, 4.69) is 64.2 Å². The van der Waals surface area contributed by atoms with Crippen molar-refractivity contribution in [3.63, 3.8) is 0 Å². The highest BCUT2D eigenvalue weighted by Gasteiger charge is 2.27. The molecular formula is C49H61N3O6. The zero-order chi connectivity index (χ0) is 41.9. The number of anilines is 2. The second kappa shape index (κ2) is 19.7. The zero-order valence-electron chi connectivity index (χ0n) is 35.8. The Balaban J connectivity index is 1.65. The van der Waals surface area contributed by atoms with Gasteiger partial charge in [-0.3, -0.25) is 9.59 Å². The van der Waals surface area contributed by atoms with Crippen LogP contribution in [-0.4, -0.2) is 68.9 Å². The molecule has 0 N–H and O–H groups in total. The Kier molecular flexibility index (Phi) is 14.8. The summed E-state index contributed by atoms with van der Waals surface area (Å²) >= 11 is 0. The summed E-state index contributed by atoms with van der Waals surface area (Å²) in [4.78, 5) is 34.0. The van der Waals surface area contributed by atoms with Crippen LogP contribution in [0.3, 0.4) is 0 Å². The van der Waals surface area contributed by atoms with E-state index in [4.69, 9.17) is 18.9 Å². The van der Waals surface area contributed by atoms with E-state index in [0.717, 1.165) is 76.3 Å². The molecule has 0 aliphatic carbocycles. The first kappa shape index (κ1) is 43.6. The number of aryl methyl sites for hydroxylation is 1. The Bertz CT molecular complexity index is 2090. The number of nitrogens with zero attached hydrogens (tertiary/aromatic N) is 3. The number of carbonyl (C=O) groups excluding carboxylic acids is 2. The predicted molar refractivity (Wildman–Crippen MR) is 235 cm³/mol. The number of esters is 2. The van der Waals surface area contributed by atoms with Crippen molar-refractivity contribution in [1.29, 1.82) is 0 Å². The molecule has 0 aromatic heterocycles. The first-order valence-electron chi connectivity index (χ1n) is 20.1. The van der Waals surface area contributed by atoms with Crippen molar-refractivity contribution >= 4 is 34.1 Å². The topological polar surface area (TPSA) is 80.8 Å². The molecule has 0 heterocycles. The van der Waals surface area contributed by atoms with Crippen molar-refractivity contribution in [3.8, 4) is 11.5 Å². The molecule has 0 saturated heterocycles. The van der Waals surface area contributed by atoms with E-state index in [-0.39, 0.29) is 25.0 Å². The van der Waals surface area contributed by atoms with Crippen molar-refractivity contribution in [1.82, 2.24) is 4.90 Å². The molecule has 5 aromatic rings. The zero-order valence-corrected chi connectivity index (χ0v) is 35.8. The van der Waals surface area contributed by atoms with Gasteiger partial charge in [0.25, 0.3) is 0 Å². The molecule has 0 amide bonds. The van der Waals surface area contributed by atoms with Crippen LogP contribution in [-0.2, 0) is 45.1 Å². The number of fused-ring (bicyclic) bond motifs is 1. The average molecular weight is 788 g/mol. The number of methoxy groups -OCH3 is 2. The van der Waals surface area contributed by atoms with Crippen LogP contribution >= 0.6 is 0 Å². The first-order valence-corrected chi connectivity index (χ1v) is 20.1. The van der Waals surface area contributed by atoms with Crippen molar-refractivity contribution in [2.45, 2.75) is 85.2 Å². The fourth-order valence-corrected chi connectivity index (χ4v) is 7.14. The maximum absolute atomic E-state index is 13.8. The summed E-state index contributed by atoms with van der Waals surface area (Å²) in [6.07, 6.45) is 1.59. The summed E-state index contributed by atoms with van der Waals surface area (Å²) in [5.74, 6) is 0.899. The number of rotatable bonds is 18. The van der Waals surface area contributed by atoms with Gasteiger partial charge in [0.15, 0.2) is 0 Å². The summed E-state index contributed by atoms with van der Waals surface area (Å²) in [6.45, 7) is 14.0. The predicted octanol–water partition coefficient (Wildman–Crippen LogP) is 9.62. The van der Waals surface area contributed by atoms with Gasteiger partial charge in [0.05, 0.1) is 14.2 Å². The van der Waals surface area contributed by atoms with Gasteiger partial charge in [-0.05, 0) is 121 Å². The molecule has 0 bridgehead atoms. The Labute approximate surface area is 345 Å². The van der Waals surface area contributed by atoms with Gasteiger partial charge in [0, 0.05) is 41.8 Å². The van der Waals surface area contributed by atoms with Gasteiger partial charge in [0.2, 0.25) is 0 Å². The lowest BCUT2D eigenvalue weighted by atomic mass is 9.96. The fourth-order valence-electron chi connectivity index (χ4n) is 7.14.